The number of alkyl halides is 1. The number of amides is 1. The number of anilines is 3. The van der Waals surface area contributed by atoms with Crippen molar-refractivity contribution in [3.05, 3.63) is 54.4 Å². The van der Waals surface area contributed by atoms with E-state index < -0.39 is 12.3 Å². The van der Waals surface area contributed by atoms with E-state index in [-0.39, 0.29) is 48.3 Å². The number of likely N-dealkylation sites (tertiary alicyclic amines) is 1. The third-order valence-corrected chi connectivity index (χ3v) is 9.85. The molecule has 0 bridgehead atoms. The molecule has 48 heavy (non-hydrogen) atoms. The Balaban J connectivity index is 0.964. The number of rotatable bonds is 8. The van der Waals surface area contributed by atoms with Gasteiger partial charge in [-0.15, -0.1) is 0 Å². The van der Waals surface area contributed by atoms with Crippen molar-refractivity contribution in [2.24, 2.45) is 5.92 Å². The fraction of sp³-hybridized carbons (Fsp3) is 0.486. The van der Waals surface area contributed by atoms with Crippen LogP contribution in [0.25, 0.3) is 11.4 Å². The van der Waals surface area contributed by atoms with Gasteiger partial charge in [-0.3, -0.25) is 14.5 Å². The lowest BCUT2D eigenvalue weighted by molar-refractivity contribution is -0.139. The fourth-order valence-corrected chi connectivity index (χ4v) is 7.02. The molecule has 0 spiro atoms. The smallest absolute Gasteiger partial charge is 0.230 e. The number of ether oxygens (including phenoxy) is 2. The molecule has 7 rings (SSSR count). The summed E-state index contributed by atoms with van der Waals surface area (Å²) in [5, 5.41) is 13.1. The lowest BCUT2D eigenvalue weighted by Gasteiger charge is -2.46. The number of halogens is 1. The van der Waals surface area contributed by atoms with Gasteiger partial charge in [0, 0.05) is 74.3 Å². The average Bonchev–Trinajstić information content (AvgIpc) is 3.51. The van der Waals surface area contributed by atoms with E-state index in [0.717, 1.165) is 38.5 Å². The van der Waals surface area contributed by atoms with E-state index in [4.69, 9.17) is 9.47 Å². The van der Waals surface area contributed by atoms with E-state index in [1.54, 1.807) is 18.2 Å². The van der Waals surface area contributed by atoms with Crippen molar-refractivity contribution in [1.29, 1.82) is 5.26 Å². The molecule has 4 heterocycles. The summed E-state index contributed by atoms with van der Waals surface area (Å²) < 4.78 is 26.5. The first-order valence-electron chi connectivity index (χ1n) is 16.6. The van der Waals surface area contributed by atoms with Crippen molar-refractivity contribution in [2.45, 2.75) is 57.0 Å². The predicted octanol–water partition coefficient (Wildman–Crippen LogP) is 3.75. The minimum absolute atomic E-state index is 0.0840. The summed E-state index contributed by atoms with van der Waals surface area (Å²) in [6.07, 6.45) is 0.663. The van der Waals surface area contributed by atoms with E-state index in [0.29, 0.717) is 48.8 Å². The number of piperidine rings is 1. The zero-order chi connectivity index (χ0) is 33.2. The Hall–Kier alpha value is -4.67. The monoisotopic (exact) mass is 654 g/mol. The number of nitrogens with one attached hydrogen (secondary N) is 1. The van der Waals surface area contributed by atoms with E-state index >= 15 is 4.39 Å². The van der Waals surface area contributed by atoms with Crippen LogP contribution in [0.5, 0.6) is 5.75 Å². The van der Waals surface area contributed by atoms with Gasteiger partial charge in [-0.25, -0.2) is 14.4 Å². The van der Waals surface area contributed by atoms with Gasteiger partial charge in [-0.1, -0.05) is 0 Å². The summed E-state index contributed by atoms with van der Waals surface area (Å²) in [5.41, 5.74) is 2.81. The number of Topliss-reactive ketones (excluding diaryl/α,β-unsaturated/α-hetero) is 1. The first kappa shape index (κ1) is 31.9. The van der Waals surface area contributed by atoms with Crippen LogP contribution in [0.4, 0.5) is 21.7 Å². The molecule has 4 aliphatic rings. The van der Waals surface area contributed by atoms with Crippen LogP contribution >= 0.6 is 0 Å². The Labute approximate surface area is 278 Å². The van der Waals surface area contributed by atoms with Gasteiger partial charge in [0.15, 0.2) is 12.0 Å². The molecule has 2 aromatic carbocycles. The number of carbonyl (C=O) groups is 2. The Morgan fingerprint density at radius 2 is 1.92 bits per heavy atom. The summed E-state index contributed by atoms with van der Waals surface area (Å²) in [4.78, 5) is 44.0. The second-order valence-corrected chi connectivity index (χ2v) is 13.1. The maximum atomic E-state index is 15.2. The van der Waals surface area contributed by atoms with Crippen molar-refractivity contribution < 1.29 is 23.5 Å². The van der Waals surface area contributed by atoms with Crippen molar-refractivity contribution in [3.63, 3.8) is 0 Å². The SMILES string of the molecule is C[C@H]1CN(C2COC2)CCN1c1ccc(Nc2ncnc(-c3ccc(O[C@H]4CCN(C(=O)C5CCC(=O)C5)C[C@H]4F)c(C#N)c3)n2)cc1. The van der Waals surface area contributed by atoms with Gasteiger partial charge in [0.05, 0.1) is 31.4 Å². The Morgan fingerprint density at radius 3 is 2.60 bits per heavy atom. The zero-order valence-corrected chi connectivity index (χ0v) is 26.9. The molecule has 3 aliphatic heterocycles. The standard InChI is InChI=1S/C35H39FN8O4/c1-22-17-42(28-19-47-20-28)12-13-44(22)27-6-4-26(5-7-27)40-35-39-21-38-33(41-35)23-3-9-31(25(14-23)16-37)48-32-10-11-43(18-30(32)36)34(46)24-2-8-29(45)15-24/h3-7,9,14,21-22,24,28,30,32H,2,8,10-13,15,17-20H2,1H3,(H,38,39,40,41)/t22-,24?,30+,32-/m0/s1. The lowest BCUT2D eigenvalue weighted by Crippen LogP contribution is -2.59. The summed E-state index contributed by atoms with van der Waals surface area (Å²) >= 11 is 0. The largest absolute Gasteiger partial charge is 0.486 e. The molecule has 1 N–H and O–H groups in total. The van der Waals surface area contributed by atoms with Crippen LogP contribution < -0.4 is 15.0 Å². The highest BCUT2D eigenvalue weighted by Crippen LogP contribution is 2.31. The van der Waals surface area contributed by atoms with Gasteiger partial charge >= 0.3 is 0 Å². The van der Waals surface area contributed by atoms with Gasteiger partial charge in [-0.2, -0.15) is 10.2 Å². The minimum Gasteiger partial charge on any atom is -0.486 e. The number of benzene rings is 2. The average molecular weight is 655 g/mol. The highest BCUT2D eigenvalue weighted by molar-refractivity contribution is 5.90. The summed E-state index contributed by atoms with van der Waals surface area (Å²) in [6.45, 7) is 7.19. The van der Waals surface area contributed by atoms with Crippen LogP contribution in [0.3, 0.4) is 0 Å². The van der Waals surface area contributed by atoms with Crippen LogP contribution in [0.15, 0.2) is 48.8 Å². The maximum Gasteiger partial charge on any atom is 0.230 e. The van der Waals surface area contributed by atoms with Crippen molar-refractivity contribution in [1.82, 2.24) is 24.8 Å². The lowest BCUT2D eigenvalue weighted by atomic mass is 10.0. The molecule has 3 saturated heterocycles. The summed E-state index contributed by atoms with van der Waals surface area (Å²) in [6, 6.07) is 16.3. The molecule has 250 valence electrons. The zero-order valence-electron chi connectivity index (χ0n) is 26.9. The molecule has 0 radical (unpaired) electrons. The number of hydrogen-bond donors (Lipinski definition) is 1. The quantitative estimate of drug-likeness (QED) is 0.380. The number of nitrogens with zero attached hydrogens (tertiary/aromatic N) is 7. The van der Waals surface area contributed by atoms with Crippen LogP contribution in [0, 0.1) is 17.2 Å². The van der Waals surface area contributed by atoms with Gasteiger partial charge in [0.2, 0.25) is 11.9 Å². The second kappa shape index (κ2) is 13.8. The normalized spacial score (nSPS) is 25.0. The van der Waals surface area contributed by atoms with E-state index in [1.807, 2.05) is 12.1 Å². The minimum atomic E-state index is -1.42. The van der Waals surface area contributed by atoms with Gasteiger partial charge in [0.1, 0.15) is 30.0 Å². The van der Waals surface area contributed by atoms with Crippen molar-refractivity contribution >= 4 is 29.0 Å². The Morgan fingerprint density at radius 1 is 1.08 bits per heavy atom. The second-order valence-electron chi connectivity index (χ2n) is 13.1. The molecular weight excluding hydrogens is 615 g/mol. The molecule has 4 fully saturated rings. The molecule has 4 atom stereocenters. The number of nitriles is 1. The number of aromatic nitrogens is 3. The molecular formula is C35H39FN8O4. The molecule has 1 amide bonds. The van der Waals surface area contributed by atoms with Gasteiger partial charge < -0.3 is 24.6 Å². The Bertz CT molecular complexity index is 1700. The molecule has 1 saturated carbocycles. The topological polar surface area (TPSA) is 137 Å². The van der Waals surface area contributed by atoms with E-state index in [1.165, 1.54) is 16.9 Å². The molecule has 3 aromatic rings. The molecule has 13 heteroatoms. The molecule has 12 nitrogen and oxygen atoms in total. The summed E-state index contributed by atoms with van der Waals surface area (Å²) in [7, 11) is 0. The number of hydrogen-bond acceptors (Lipinski definition) is 11. The first-order valence-corrected chi connectivity index (χ1v) is 16.6. The van der Waals surface area contributed by atoms with Crippen LogP contribution in [0.1, 0.15) is 38.2 Å². The molecule has 1 aromatic heterocycles. The number of ketones is 1. The Kier molecular flexibility index (Phi) is 9.19. The van der Waals surface area contributed by atoms with E-state index in [9.17, 15) is 14.9 Å². The van der Waals surface area contributed by atoms with Crippen LogP contribution in [-0.4, -0.2) is 107 Å². The third kappa shape index (κ3) is 6.81. The maximum absolute atomic E-state index is 15.2. The molecule has 1 aliphatic carbocycles. The van der Waals surface area contributed by atoms with Gasteiger partial charge in [0.25, 0.3) is 0 Å². The number of piperazine rings is 1. The summed E-state index contributed by atoms with van der Waals surface area (Å²) in [5.74, 6) is 0.568. The van der Waals surface area contributed by atoms with Crippen molar-refractivity contribution in [2.75, 3.05) is 56.2 Å². The highest BCUT2D eigenvalue weighted by atomic mass is 19.1. The van der Waals surface area contributed by atoms with Crippen molar-refractivity contribution in [3.8, 4) is 23.2 Å². The molecule has 1 unspecified atom stereocenters. The van der Waals surface area contributed by atoms with E-state index in [2.05, 4.69) is 55.2 Å². The van der Waals surface area contributed by atoms with Gasteiger partial charge in [-0.05, 0) is 55.8 Å². The first-order chi connectivity index (χ1) is 23.3. The van der Waals surface area contributed by atoms with Crippen LogP contribution in [-0.2, 0) is 14.3 Å². The fourth-order valence-electron chi connectivity index (χ4n) is 7.02. The predicted molar refractivity (Wildman–Crippen MR) is 176 cm³/mol. The third-order valence-electron chi connectivity index (χ3n) is 9.85. The number of carbonyl (C=O) groups excluding carboxylic acids is 2. The highest BCUT2D eigenvalue weighted by Gasteiger charge is 2.38. The van der Waals surface area contributed by atoms with Crippen LogP contribution in [0.2, 0.25) is 0 Å².